The van der Waals surface area contributed by atoms with Gasteiger partial charge in [0, 0.05) is 11.6 Å². The summed E-state index contributed by atoms with van der Waals surface area (Å²) in [7, 11) is 0. The van der Waals surface area contributed by atoms with Crippen LogP contribution in [0.4, 0.5) is 4.79 Å². The molecule has 4 rings (SSSR count). The molecule has 4 aromatic rings. The predicted molar refractivity (Wildman–Crippen MR) is 117 cm³/mol. The summed E-state index contributed by atoms with van der Waals surface area (Å²) in [6.45, 7) is 0. The zero-order valence-corrected chi connectivity index (χ0v) is 16.3. The molecule has 0 aliphatic carbocycles. The fourth-order valence-corrected chi connectivity index (χ4v) is 2.81. The van der Waals surface area contributed by atoms with Crippen molar-refractivity contribution in [2.24, 2.45) is 0 Å². The second kappa shape index (κ2) is 10.1. The minimum atomic E-state index is -0.826. The highest BCUT2D eigenvalue weighted by atomic mass is 35.5. The number of phenols is 1. The summed E-state index contributed by atoms with van der Waals surface area (Å²) in [5.74, 6) is 0.749. The van der Waals surface area contributed by atoms with Gasteiger partial charge in [0.15, 0.2) is 0 Å². The zero-order valence-electron chi connectivity index (χ0n) is 15.5. The van der Waals surface area contributed by atoms with Gasteiger partial charge in [-0.3, -0.25) is 0 Å². The van der Waals surface area contributed by atoms with Gasteiger partial charge in [0.25, 0.3) is 0 Å². The number of benzene rings is 4. The number of rotatable bonds is 3. The lowest BCUT2D eigenvalue weighted by molar-refractivity contribution is 0.225. The van der Waals surface area contributed by atoms with Crippen molar-refractivity contribution in [2.45, 2.75) is 0 Å². The Morgan fingerprint density at radius 1 is 0.586 bits per heavy atom. The van der Waals surface area contributed by atoms with E-state index in [0.29, 0.717) is 11.5 Å². The first-order valence-corrected chi connectivity index (χ1v) is 9.37. The van der Waals surface area contributed by atoms with Gasteiger partial charge >= 0.3 is 5.43 Å². The molecule has 144 valence electrons. The Morgan fingerprint density at radius 3 is 1.38 bits per heavy atom. The first-order valence-electron chi connectivity index (χ1n) is 8.99. The Balaban J connectivity index is 0.000000169. The minimum absolute atomic E-state index is 0.305. The quantitative estimate of drug-likeness (QED) is 0.370. The van der Waals surface area contributed by atoms with Gasteiger partial charge in [0.1, 0.15) is 11.5 Å². The van der Waals surface area contributed by atoms with E-state index >= 15 is 0 Å². The van der Waals surface area contributed by atoms with Crippen molar-refractivity contribution in [1.82, 2.24) is 0 Å². The van der Waals surface area contributed by atoms with Crippen molar-refractivity contribution in [3.8, 4) is 33.8 Å². The van der Waals surface area contributed by atoms with Crippen LogP contribution in [0.2, 0.25) is 0 Å². The summed E-state index contributed by atoms with van der Waals surface area (Å²) in [5.41, 5.74) is 3.65. The number of hydrogen-bond donors (Lipinski definition) is 1. The van der Waals surface area contributed by atoms with E-state index < -0.39 is 5.43 Å². The highest BCUT2D eigenvalue weighted by Gasteiger charge is 2.01. The molecule has 3 nitrogen and oxygen atoms in total. The lowest BCUT2D eigenvalue weighted by Crippen LogP contribution is -1.95. The molecule has 0 saturated carbocycles. The normalized spacial score (nSPS) is 9.83. The Labute approximate surface area is 174 Å². The molecule has 0 atom stereocenters. The Hall–Kier alpha value is -3.56. The molecular weight excluding hydrogens is 384 g/mol. The van der Waals surface area contributed by atoms with E-state index in [0.717, 1.165) is 16.7 Å². The molecular formula is C25H19ClO3. The van der Waals surface area contributed by atoms with Crippen LogP contribution >= 0.6 is 11.6 Å². The molecule has 0 aliphatic heterocycles. The van der Waals surface area contributed by atoms with Crippen molar-refractivity contribution in [3.05, 3.63) is 109 Å². The van der Waals surface area contributed by atoms with Crippen molar-refractivity contribution in [2.75, 3.05) is 0 Å². The fraction of sp³-hybridized carbons (Fsp3) is 0. The number of carbonyl (C=O) groups is 1. The molecule has 0 saturated heterocycles. The third-order valence-corrected chi connectivity index (χ3v) is 4.21. The van der Waals surface area contributed by atoms with Crippen molar-refractivity contribution in [3.63, 3.8) is 0 Å². The average molecular weight is 403 g/mol. The monoisotopic (exact) mass is 402 g/mol. The Bertz CT molecular complexity index is 1030. The van der Waals surface area contributed by atoms with E-state index in [1.807, 2.05) is 84.9 Å². The lowest BCUT2D eigenvalue weighted by Gasteiger charge is -2.03. The molecule has 0 aromatic heterocycles. The van der Waals surface area contributed by atoms with Crippen LogP contribution < -0.4 is 4.74 Å². The Kier molecular flexibility index (Phi) is 7.04. The van der Waals surface area contributed by atoms with Gasteiger partial charge in [-0.15, -0.1) is 0 Å². The van der Waals surface area contributed by atoms with Crippen LogP contribution in [0.5, 0.6) is 11.5 Å². The van der Waals surface area contributed by atoms with Crippen LogP contribution in [0.1, 0.15) is 0 Å². The van der Waals surface area contributed by atoms with Gasteiger partial charge in [-0.05, 0) is 46.5 Å². The molecule has 4 aromatic carbocycles. The number of hydrogen-bond acceptors (Lipinski definition) is 3. The largest absolute Gasteiger partial charge is 0.508 e. The van der Waals surface area contributed by atoms with Crippen LogP contribution in [0.3, 0.4) is 0 Å². The summed E-state index contributed by atoms with van der Waals surface area (Å²) in [6.07, 6.45) is 0. The van der Waals surface area contributed by atoms with Gasteiger partial charge in [0.05, 0.1) is 0 Å². The van der Waals surface area contributed by atoms with Gasteiger partial charge in [0.2, 0.25) is 0 Å². The number of halogens is 1. The lowest BCUT2D eigenvalue weighted by atomic mass is 10.1. The molecule has 0 heterocycles. The summed E-state index contributed by atoms with van der Waals surface area (Å²) in [4.78, 5) is 10.5. The van der Waals surface area contributed by atoms with E-state index in [1.54, 1.807) is 24.3 Å². The summed E-state index contributed by atoms with van der Waals surface area (Å²) in [5, 5.41) is 9.10. The highest BCUT2D eigenvalue weighted by Crippen LogP contribution is 2.22. The van der Waals surface area contributed by atoms with Crippen LogP contribution in [0.25, 0.3) is 22.3 Å². The molecule has 0 amide bonds. The third kappa shape index (κ3) is 6.23. The average Bonchev–Trinajstić information content (AvgIpc) is 2.76. The van der Waals surface area contributed by atoms with Gasteiger partial charge < -0.3 is 9.84 Å². The van der Waals surface area contributed by atoms with Gasteiger partial charge in [-0.1, -0.05) is 84.9 Å². The number of aromatic hydroxyl groups is 1. The van der Waals surface area contributed by atoms with Crippen LogP contribution in [-0.4, -0.2) is 10.5 Å². The Morgan fingerprint density at radius 2 is 0.966 bits per heavy atom. The zero-order chi connectivity index (χ0) is 20.5. The molecule has 29 heavy (non-hydrogen) atoms. The fourth-order valence-electron chi connectivity index (χ4n) is 2.72. The van der Waals surface area contributed by atoms with Crippen molar-refractivity contribution < 1.29 is 14.6 Å². The van der Waals surface area contributed by atoms with Gasteiger partial charge in [-0.2, -0.15) is 0 Å². The molecule has 0 fully saturated rings. The summed E-state index contributed by atoms with van der Waals surface area (Å²) < 4.78 is 4.73. The standard InChI is InChI=1S/C13H9ClO2.C12H10O/c14-13(15)16-12-8-6-11(7-9-12)10-4-2-1-3-5-10;13-12-8-6-11(7-9-12)10-4-2-1-3-5-10/h1-9H;1-9,13H. The molecule has 0 unspecified atom stereocenters. The summed E-state index contributed by atoms with van der Waals surface area (Å²) in [6, 6.07) is 34.4. The third-order valence-electron chi connectivity index (χ3n) is 4.13. The van der Waals surface area contributed by atoms with Crippen LogP contribution in [-0.2, 0) is 0 Å². The first-order chi connectivity index (χ1) is 14.1. The second-order valence-corrected chi connectivity index (χ2v) is 6.45. The van der Waals surface area contributed by atoms with E-state index in [4.69, 9.17) is 21.4 Å². The minimum Gasteiger partial charge on any atom is -0.508 e. The van der Waals surface area contributed by atoms with Crippen molar-refractivity contribution in [1.29, 1.82) is 0 Å². The molecule has 1 N–H and O–H groups in total. The van der Waals surface area contributed by atoms with Crippen LogP contribution in [0.15, 0.2) is 109 Å². The smallest absolute Gasteiger partial charge is 0.409 e. The summed E-state index contributed by atoms with van der Waals surface area (Å²) >= 11 is 5.11. The highest BCUT2D eigenvalue weighted by molar-refractivity contribution is 6.61. The number of phenolic OH excluding ortho intramolecular Hbond substituents is 1. The first kappa shape index (κ1) is 20.2. The van der Waals surface area contributed by atoms with Gasteiger partial charge in [-0.25, -0.2) is 4.79 Å². The SMILES string of the molecule is O=C(Cl)Oc1ccc(-c2ccccc2)cc1.Oc1ccc(-c2ccccc2)cc1. The maximum Gasteiger partial charge on any atom is 0.409 e. The van der Waals surface area contributed by atoms with Crippen LogP contribution in [0, 0.1) is 0 Å². The second-order valence-electron chi connectivity index (χ2n) is 6.14. The van der Waals surface area contributed by atoms with E-state index in [2.05, 4.69) is 0 Å². The molecule has 0 aliphatic rings. The van der Waals surface area contributed by atoms with E-state index in [-0.39, 0.29) is 0 Å². The van der Waals surface area contributed by atoms with Crippen molar-refractivity contribution >= 4 is 17.0 Å². The van der Waals surface area contributed by atoms with E-state index in [9.17, 15) is 4.79 Å². The molecule has 4 heteroatoms. The topological polar surface area (TPSA) is 46.5 Å². The number of carbonyl (C=O) groups excluding carboxylic acids is 1. The maximum atomic E-state index is 10.5. The molecule has 0 spiro atoms. The maximum absolute atomic E-state index is 10.5. The molecule has 0 bridgehead atoms. The number of ether oxygens (including phenoxy) is 1. The van der Waals surface area contributed by atoms with E-state index in [1.165, 1.54) is 5.56 Å². The predicted octanol–water partition coefficient (Wildman–Crippen LogP) is 7.15. The molecule has 0 radical (unpaired) electrons.